The van der Waals surface area contributed by atoms with Gasteiger partial charge in [-0.2, -0.15) is 0 Å². The molecule has 1 aromatic rings. The van der Waals surface area contributed by atoms with Gasteiger partial charge in [0, 0.05) is 6.04 Å². The van der Waals surface area contributed by atoms with Crippen LogP contribution in [-0.4, -0.2) is 33.0 Å². The van der Waals surface area contributed by atoms with Crippen LogP contribution in [0.15, 0.2) is 12.4 Å². The summed E-state index contributed by atoms with van der Waals surface area (Å²) >= 11 is 0. The summed E-state index contributed by atoms with van der Waals surface area (Å²) in [5.74, 6) is -0.979. The Morgan fingerprint density at radius 2 is 1.84 bits per heavy atom. The van der Waals surface area contributed by atoms with Crippen LogP contribution in [0, 0.1) is 5.92 Å². The molecule has 2 atom stereocenters. The fourth-order valence-corrected chi connectivity index (χ4v) is 2.33. The fourth-order valence-electron chi connectivity index (χ4n) is 2.33. The number of carbonyl (C=O) groups excluding carboxylic acids is 1. The number of hydrogen-bond donors (Lipinski definition) is 2. The van der Waals surface area contributed by atoms with Crippen molar-refractivity contribution in [2.45, 2.75) is 38.6 Å². The molecule has 2 unspecified atom stereocenters. The number of nitrogens with zero attached hydrogens (tertiary/aromatic N) is 2. The molecule has 102 valence electrons. The normalized spacial score (nSPS) is 22.8. The van der Waals surface area contributed by atoms with Crippen LogP contribution in [0.1, 0.15) is 53.6 Å². The zero-order valence-corrected chi connectivity index (χ0v) is 10.8. The molecular formula is C13H17N3O3. The van der Waals surface area contributed by atoms with E-state index in [9.17, 15) is 9.59 Å². The smallest absolute Gasteiger partial charge is 0.356 e. The molecule has 1 aromatic heterocycles. The van der Waals surface area contributed by atoms with Gasteiger partial charge in [-0.25, -0.2) is 14.8 Å². The molecular weight excluding hydrogens is 246 g/mol. The Balaban J connectivity index is 2.01. The molecule has 0 radical (unpaired) electrons. The molecule has 1 fully saturated rings. The quantitative estimate of drug-likeness (QED) is 0.861. The Labute approximate surface area is 111 Å². The molecule has 1 aliphatic carbocycles. The molecule has 0 aromatic carbocycles. The van der Waals surface area contributed by atoms with Gasteiger partial charge in [-0.3, -0.25) is 4.79 Å². The highest BCUT2D eigenvalue weighted by atomic mass is 16.4. The van der Waals surface area contributed by atoms with Crippen LogP contribution in [0.3, 0.4) is 0 Å². The Bertz CT molecular complexity index is 473. The SMILES string of the molecule is CC1CCCCC1NC(=O)c1cnc(C(=O)O)cn1. The van der Waals surface area contributed by atoms with Crippen molar-refractivity contribution in [1.82, 2.24) is 15.3 Å². The van der Waals surface area contributed by atoms with Crippen molar-refractivity contribution >= 4 is 11.9 Å². The Kier molecular flexibility index (Phi) is 4.09. The lowest BCUT2D eigenvalue weighted by Crippen LogP contribution is -2.41. The predicted octanol–water partition coefficient (Wildman–Crippen LogP) is 1.48. The molecule has 6 heteroatoms. The third kappa shape index (κ3) is 3.27. The van der Waals surface area contributed by atoms with Gasteiger partial charge in [-0.05, 0) is 18.8 Å². The number of aromatic nitrogens is 2. The van der Waals surface area contributed by atoms with Crippen molar-refractivity contribution in [2.24, 2.45) is 5.92 Å². The van der Waals surface area contributed by atoms with E-state index in [4.69, 9.17) is 5.11 Å². The first-order valence-electron chi connectivity index (χ1n) is 6.44. The summed E-state index contributed by atoms with van der Waals surface area (Å²) in [5, 5.41) is 11.7. The van der Waals surface area contributed by atoms with Crippen molar-refractivity contribution in [3.63, 3.8) is 0 Å². The summed E-state index contributed by atoms with van der Waals surface area (Å²) in [4.78, 5) is 30.1. The summed E-state index contributed by atoms with van der Waals surface area (Å²) in [5.41, 5.74) is -0.00893. The number of carboxylic acids is 1. The first kappa shape index (κ1) is 13.5. The predicted molar refractivity (Wildman–Crippen MR) is 67.9 cm³/mol. The van der Waals surface area contributed by atoms with E-state index in [1.807, 2.05) is 0 Å². The number of rotatable bonds is 3. The maximum atomic E-state index is 12.0. The number of carbonyl (C=O) groups is 2. The first-order chi connectivity index (χ1) is 9.08. The number of aromatic carboxylic acids is 1. The zero-order chi connectivity index (χ0) is 13.8. The molecule has 1 amide bonds. The molecule has 1 heterocycles. The third-order valence-electron chi connectivity index (χ3n) is 3.53. The zero-order valence-electron chi connectivity index (χ0n) is 10.8. The fraction of sp³-hybridized carbons (Fsp3) is 0.538. The lowest BCUT2D eigenvalue weighted by molar-refractivity contribution is 0.0688. The summed E-state index contributed by atoms with van der Waals surface area (Å²) < 4.78 is 0. The van der Waals surface area contributed by atoms with Crippen molar-refractivity contribution in [2.75, 3.05) is 0 Å². The minimum atomic E-state index is -1.15. The Morgan fingerprint density at radius 1 is 1.21 bits per heavy atom. The van der Waals surface area contributed by atoms with E-state index in [2.05, 4.69) is 22.2 Å². The second-order valence-corrected chi connectivity index (χ2v) is 4.93. The summed E-state index contributed by atoms with van der Waals surface area (Å²) in [6.07, 6.45) is 6.73. The maximum Gasteiger partial charge on any atom is 0.356 e. The van der Waals surface area contributed by atoms with E-state index in [0.717, 1.165) is 25.5 Å². The number of hydrogen-bond acceptors (Lipinski definition) is 4. The van der Waals surface area contributed by atoms with Crippen LogP contribution < -0.4 is 5.32 Å². The van der Waals surface area contributed by atoms with Gasteiger partial charge in [0.05, 0.1) is 12.4 Å². The lowest BCUT2D eigenvalue weighted by atomic mass is 9.86. The van der Waals surface area contributed by atoms with Gasteiger partial charge in [0.15, 0.2) is 5.69 Å². The van der Waals surface area contributed by atoms with E-state index in [1.54, 1.807) is 0 Å². The van der Waals surface area contributed by atoms with Crippen LogP contribution in [0.2, 0.25) is 0 Å². The van der Waals surface area contributed by atoms with E-state index < -0.39 is 5.97 Å². The van der Waals surface area contributed by atoms with Crippen LogP contribution in [-0.2, 0) is 0 Å². The molecule has 2 rings (SSSR count). The Morgan fingerprint density at radius 3 is 2.42 bits per heavy atom. The minimum Gasteiger partial charge on any atom is -0.476 e. The van der Waals surface area contributed by atoms with Gasteiger partial charge < -0.3 is 10.4 Å². The highest BCUT2D eigenvalue weighted by Crippen LogP contribution is 2.23. The van der Waals surface area contributed by atoms with E-state index >= 15 is 0 Å². The second kappa shape index (κ2) is 5.77. The van der Waals surface area contributed by atoms with Gasteiger partial charge in [-0.1, -0.05) is 19.8 Å². The molecule has 1 saturated carbocycles. The molecule has 1 aliphatic rings. The number of amides is 1. The highest BCUT2D eigenvalue weighted by Gasteiger charge is 2.23. The minimum absolute atomic E-state index is 0.155. The molecule has 0 saturated heterocycles. The van der Waals surface area contributed by atoms with Crippen LogP contribution in [0.5, 0.6) is 0 Å². The topological polar surface area (TPSA) is 92.2 Å². The van der Waals surface area contributed by atoms with Gasteiger partial charge >= 0.3 is 5.97 Å². The summed E-state index contributed by atoms with van der Waals surface area (Å²) in [7, 11) is 0. The van der Waals surface area contributed by atoms with Crippen molar-refractivity contribution in [3.05, 3.63) is 23.8 Å². The molecule has 19 heavy (non-hydrogen) atoms. The van der Waals surface area contributed by atoms with Crippen molar-refractivity contribution in [3.8, 4) is 0 Å². The van der Waals surface area contributed by atoms with Gasteiger partial charge in [0.2, 0.25) is 0 Å². The molecule has 0 aliphatic heterocycles. The van der Waals surface area contributed by atoms with E-state index in [-0.39, 0.29) is 23.3 Å². The molecule has 0 bridgehead atoms. The molecule has 6 nitrogen and oxygen atoms in total. The average molecular weight is 263 g/mol. The van der Waals surface area contributed by atoms with Crippen molar-refractivity contribution in [1.29, 1.82) is 0 Å². The van der Waals surface area contributed by atoms with E-state index in [0.29, 0.717) is 5.92 Å². The van der Waals surface area contributed by atoms with Gasteiger partial charge in [0.25, 0.3) is 5.91 Å². The third-order valence-corrected chi connectivity index (χ3v) is 3.53. The lowest BCUT2D eigenvalue weighted by Gasteiger charge is -2.29. The molecule has 2 N–H and O–H groups in total. The Hall–Kier alpha value is -1.98. The number of carboxylic acid groups (broad SMARTS) is 1. The monoisotopic (exact) mass is 263 g/mol. The standard InChI is InChI=1S/C13H17N3O3/c1-8-4-2-3-5-9(8)16-12(17)10-6-15-11(7-14-10)13(18)19/h6-9H,2-5H2,1H3,(H,16,17)(H,18,19). The van der Waals surface area contributed by atoms with Crippen LogP contribution in [0.4, 0.5) is 0 Å². The molecule has 0 spiro atoms. The summed E-state index contributed by atoms with van der Waals surface area (Å²) in [6, 6.07) is 0.169. The number of nitrogens with one attached hydrogen (secondary N) is 1. The maximum absolute atomic E-state index is 12.0. The second-order valence-electron chi connectivity index (χ2n) is 4.93. The highest BCUT2D eigenvalue weighted by molar-refractivity contribution is 5.92. The van der Waals surface area contributed by atoms with Gasteiger partial charge in [0.1, 0.15) is 5.69 Å². The average Bonchev–Trinajstić information content (AvgIpc) is 2.41. The summed E-state index contributed by atoms with van der Waals surface area (Å²) in [6.45, 7) is 2.13. The first-order valence-corrected chi connectivity index (χ1v) is 6.44. The largest absolute Gasteiger partial charge is 0.476 e. The van der Waals surface area contributed by atoms with Gasteiger partial charge in [-0.15, -0.1) is 0 Å². The van der Waals surface area contributed by atoms with E-state index in [1.165, 1.54) is 12.6 Å². The van der Waals surface area contributed by atoms with Crippen LogP contribution in [0.25, 0.3) is 0 Å². The van der Waals surface area contributed by atoms with Crippen molar-refractivity contribution < 1.29 is 14.7 Å². The van der Waals surface area contributed by atoms with Crippen LogP contribution >= 0.6 is 0 Å².